The second kappa shape index (κ2) is 7.51. The molecule has 0 N–H and O–H groups in total. The summed E-state index contributed by atoms with van der Waals surface area (Å²) in [6, 6.07) is 0. The summed E-state index contributed by atoms with van der Waals surface area (Å²) in [4.78, 5) is 30.0. The fraction of sp³-hybridized carbons (Fsp3) is 0.688. The van der Waals surface area contributed by atoms with E-state index >= 15 is 0 Å². The van der Waals surface area contributed by atoms with Gasteiger partial charge in [0.25, 0.3) is 5.56 Å². The molecule has 0 aliphatic heterocycles. The number of imidazole rings is 1. The lowest BCUT2D eigenvalue weighted by Crippen LogP contribution is -2.40. The first kappa shape index (κ1) is 18.7. The van der Waals surface area contributed by atoms with Gasteiger partial charge in [0, 0.05) is 13.1 Å². The maximum atomic E-state index is 12.9. The van der Waals surface area contributed by atoms with Crippen LogP contribution in [0.4, 0.5) is 0 Å². The number of fused-ring (bicyclic) bond motifs is 1. The Morgan fingerprint density at radius 2 is 1.67 bits per heavy atom. The van der Waals surface area contributed by atoms with Crippen molar-refractivity contribution in [1.29, 1.82) is 0 Å². The minimum atomic E-state index is -2.56. The van der Waals surface area contributed by atoms with Crippen molar-refractivity contribution >= 4 is 18.3 Å². The zero-order chi connectivity index (χ0) is 17.9. The van der Waals surface area contributed by atoms with Gasteiger partial charge >= 0.3 is 5.69 Å². The lowest BCUT2D eigenvalue weighted by Gasteiger charge is -2.14. The van der Waals surface area contributed by atoms with Gasteiger partial charge in [0.2, 0.25) is 0 Å². The quantitative estimate of drug-likeness (QED) is 0.683. The van der Waals surface area contributed by atoms with Gasteiger partial charge in [-0.2, -0.15) is 0 Å². The first-order valence-corrected chi connectivity index (χ1v) is 11.3. The van der Waals surface area contributed by atoms with E-state index in [2.05, 4.69) is 11.9 Å². The molecule has 2 rings (SSSR count). The van der Waals surface area contributed by atoms with Gasteiger partial charge in [-0.3, -0.25) is 13.9 Å². The Morgan fingerprint density at radius 3 is 2.25 bits per heavy atom. The van der Waals surface area contributed by atoms with Crippen LogP contribution in [0, 0.1) is 0 Å². The van der Waals surface area contributed by atoms with Gasteiger partial charge in [0.15, 0.2) is 11.2 Å². The van der Waals surface area contributed by atoms with Crippen molar-refractivity contribution in [2.24, 2.45) is 0 Å². The Kier molecular flexibility index (Phi) is 5.86. The number of unbranched alkanes of at least 4 members (excludes halogenated alkanes) is 2. The minimum Gasteiger partial charge on any atom is -0.325 e. The third-order valence-corrected chi connectivity index (χ3v) is 4.92. The molecule has 0 saturated carbocycles. The highest BCUT2D eigenvalue weighted by Crippen LogP contribution is 2.36. The zero-order valence-electron chi connectivity index (χ0n) is 15.0. The summed E-state index contributed by atoms with van der Waals surface area (Å²) in [5.41, 5.74) is 0.0753. The van der Waals surface area contributed by atoms with Crippen molar-refractivity contribution < 1.29 is 4.57 Å². The van der Waals surface area contributed by atoms with Gasteiger partial charge in [-0.15, -0.1) is 0 Å². The second-order valence-corrected chi connectivity index (χ2v) is 10.1. The molecule has 2 heterocycles. The summed E-state index contributed by atoms with van der Waals surface area (Å²) in [7, 11) is -2.56. The normalized spacial score (nSPS) is 12.2. The Labute approximate surface area is 141 Å². The molecule has 2 aromatic rings. The Hall–Kier alpha value is -1.62. The molecule has 0 amide bonds. The van der Waals surface area contributed by atoms with Gasteiger partial charge in [0.1, 0.15) is 7.14 Å². The lowest BCUT2D eigenvalue weighted by molar-refractivity contribution is 0.553. The van der Waals surface area contributed by atoms with E-state index in [1.54, 1.807) is 24.2 Å². The van der Waals surface area contributed by atoms with Crippen LogP contribution in [-0.2, 0) is 23.9 Å². The Bertz CT molecular complexity index is 872. The van der Waals surface area contributed by atoms with Gasteiger partial charge < -0.3 is 9.13 Å². The fourth-order valence-electron chi connectivity index (χ4n) is 2.72. The second-order valence-electron chi connectivity index (χ2n) is 6.70. The highest BCUT2D eigenvalue weighted by Gasteiger charge is 2.20. The molecule has 0 saturated heterocycles. The topological polar surface area (TPSA) is 78.9 Å². The van der Waals surface area contributed by atoms with Crippen molar-refractivity contribution in [3.05, 3.63) is 27.2 Å². The van der Waals surface area contributed by atoms with Crippen molar-refractivity contribution in [3.8, 4) is 0 Å². The van der Waals surface area contributed by atoms with E-state index in [0.717, 1.165) is 30.3 Å². The van der Waals surface area contributed by atoms with Crippen LogP contribution in [-0.4, -0.2) is 32.0 Å². The molecule has 134 valence electrons. The predicted molar refractivity (Wildman–Crippen MR) is 97.5 cm³/mol. The van der Waals surface area contributed by atoms with Gasteiger partial charge in [-0.1, -0.05) is 26.7 Å². The summed E-state index contributed by atoms with van der Waals surface area (Å²) in [5, 5.41) is 0. The molecular weight excluding hydrogens is 327 g/mol. The van der Waals surface area contributed by atoms with Crippen LogP contribution in [0.1, 0.15) is 39.5 Å². The molecule has 2 aromatic heterocycles. The molecule has 24 heavy (non-hydrogen) atoms. The SMILES string of the molecule is CCCCn1cnc2c1c(=O)n(CP(C)(C)=O)c(=O)n2CCCC. The standard InChI is InChI=1S/C16H27N4O3P/c1-5-7-9-18-11-17-14-13(18)15(21)20(12-24(3,4)23)16(22)19(14)10-8-6-2/h11H,5-10,12H2,1-4H3. The summed E-state index contributed by atoms with van der Waals surface area (Å²) < 4.78 is 16.7. The van der Waals surface area contributed by atoms with Crippen LogP contribution in [0.25, 0.3) is 11.2 Å². The highest BCUT2D eigenvalue weighted by atomic mass is 31.2. The van der Waals surface area contributed by atoms with Gasteiger partial charge in [-0.05, 0) is 26.2 Å². The number of rotatable bonds is 8. The first-order valence-electron chi connectivity index (χ1n) is 8.52. The van der Waals surface area contributed by atoms with Crippen LogP contribution in [0.5, 0.6) is 0 Å². The summed E-state index contributed by atoms with van der Waals surface area (Å²) in [6.45, 7) is 8.50. The first-order chi connectivity index (χ1) is 11.3. The molecule has 7 nitrogen and oxygen atoms in total. The molecule has 0 bridgehead atoms. The molecule has 0 radical (unpaired) electrons. The van der Waals surface area contributed by atoms with E-state index in [1.165, 1.54) is 0 Å². The number of aromatic nitrogens is 4. The van der Waals surface area contributed by atoms with Crippen LogP contribution >= 0.6 is 7.14 Å². The van der Waals surface area contributed by atoms with Crippen LogP contribution < -0.4 is 11.2 Å². The molecule has 0 spiro atoms. The number of nitrogens with zero attached hydrogens (tertiary/aromatic N) is 4. The summed E-state index contributed by atoms with van der Waals surface area (Å²) >= 11 is 0. The van der Waals surface area contributed by atoms with Crippen molar-refractivity contribution in [1.82, 2.24) is 18.7 Å². The molecule has 0 fully saturated rings. The average Bonchev–Trinajstić information content (AvgIpc) is 2.92. The molecule has 0 aromatic carbocycles. The molecule has 8 heteroatoms. The van der Waals surface area contributed by atoms with Crippen LogP contribution in [0.15, 0.2) is 15.9 Å². The number of aryl methyl sites for hydroxylation is 2. The smallest absolute Gasteiger partial charge is 0.325 e. The zero-order valence-corrected chi connectivity index (χ0v) is 15.9. The lowest BCUT2D eigenvalue weighted by atomic mass is 10.3. The minimum absolute atomic E-state index is 0.0360. The monoisotopic (exact) mass is 354 g/mol. The average molecular weight is 354 g/mol. The van der Waals surface area contributed by atoms with E-state index in [4.69, 9.17) is 0 Å². The van der Waals surface area contributed by atoms with E-state index in [-0.39, 0.29) is 11.8 Å². The van der Waals surface area contributed by atoms with Gasteiger partial charge in [0.05, 0.1) is 12.6 Å². The number of hydrogen-bond donors (Lipinski definition) is 0. The Morgan fingerprint density at radius 1 is 1.04 bits per heavy atom. The van der Waals surface area contributed by atoms with Crippen molar-refractivity contribution in [2.45, 2.75) is 58.9 Å². The largest absolute Gasteiger partial charge is 0.333 e. The van der Waals surface area contributed by atoms with Crippen molar-refractivity contribution in [2.75, 3.05) is 13.3 Å². The van der Waals surface area contributed by atoms with Crippen LogP contribution in [0.2, 0.25) is 0 Å². The van der Waals surface area contributed by atoms with E-state index < -0.39 is 12.8 Å². The summed E-state index contributed by atoms with van der Waals surface area (Å²) in [6.07, 6.45) is 5.28. The highest BCUT2D eigenvalue weighted by molar-refractivity contribution is 7.61. The third-order valence-electron chi connectivity index (χ3n) is 3.95. The van der Waals surface area contributed by atoms with E-state index in [0.29, 0.717) is 24.3 Å². The van der Waals surface area contributed by atoms with E-state index in [1.807, 2.05) is 11.5 Å². The maximum absolute atomic E-state index is 12.9. The van der Waals surface area contributed by atoms with Gasteiger partial charge in [-0.25, -0.2) is 9.78 Å². The van der Waals surface area contributed by atoms with Crippen molar-refractivity contribution in [3.63, 3.8) is 0 Å². The third kappa shape index (κ3) is 3.89. The fourth-order valence-corrected chi connectivity index (χ4v) is 3.65. The Balaban J connectivity index is 2.73. The maximum Gasteiger partial charge on any atom is 0.333 e. The molecule has 0 unspecified atom stereocenters. The molecular formula is C16H27N4O3P. The van der Waals surface area contributed by atoms with Crippen LogP contribution in [0.3, 0.4) is 0 Å². The van der Waals surface area contributed by atoms with E-state index in [9.17, 15) is 14.2 Å². The predicted octanol–water partition coefficient (Wildman–Crippen LogP) is 2.54. The summed E-state index contributed by atoms with van der Waals surface area (Å²) in [5.74, 6) is 0. The number of hydrogen-bond acceptors (Lipinski definition) is 4. The molecule has 0 atom stereocenters. The molecule has 0 aliphatic carbocycles. The molecule has 0 aliphatic rings.